The summed E-state index contributed by atoms with van der Waals surface area (Å²) < 4.78 is 0. The van der Waals surface area contributed by atoms with Crippen LogP contribution < -0.4 is 10.2 Å². The van der Waals surface area contributed by atoms with Crippen LogP contribution in [0.4, 0.5) is 5.82 Å². The minimum atomic E-state index is 0.559. The van der Waals surface area contributed by atoms with Gasteiger partial charge in [0.2, 0.25) is 0 Å². The van der Waals surface area contributed by atoms with E-state index in [0.717, 1.165) is 65.0 Å². The van der Waals surface area contributed by atoms with Gasteiger partial charge in [-0.15, -0.1) is 0 Å². The highest BCUT2D eigenvalue weighted by molar-refractivity contribution is 5.97. The maximum atomic E-state index is 5.26. The lowest BCUT2D eigenvalue weighted by Gasteiger charge is -2.35. The number of aromatic nitrogens is 5. The second kappa shape index (κ2) is 6.97. The van der Waals surface area contributed by atoms with Crippen molar-refractivity contribution in [1.82, 2.24) is 30.2 Å². The fourth-order valence-electron chi connectivity index (χ4n) is 5.28. The van der Waals surface area contributed by atoms with E-state index in [4.69, 9.17) is 9.97 Å². The number of pyridine rings is 2. The van der Waals surface area contributed by atoms with Crippen molar-refractivity contribution in [2.24, 2.45) is 5.92 Å². The van der Waals surface area contributed by atoms with E-state index in [0.29, 0.717) is 12.0 Å². The largest absolute Gasteiger partial charge is 0.353 e. The smallest absolute Gasteiger partial charge is 0.163 e. The van der Waals surface area contributed by atoms with Crippen molar-refractivity contribution >= 4 is 27.8 Å². The van der Waals surface area contributed by atoms with Crippen molar-refractivity contribution in [3.8, 4) is 11.4 Å². The SMILES string of the molecule is Cc1cc2c(-c3nc(N4CCNC(C5CC5)C4)c4c(C5CC5)cncc4n3)ccnc2[nH]1. The molecule has 0 spiro atoms. The lowest BCUT2D eigenvalue weighted by atomic mass is 10.0. The fraction of sp³-hybridized carbons (Fsp3) is 0.440. The van der Waals surface area contributed by atoms with Crippen molar-refractivity contribution in [3.05, 3.63) is 42.0 Å². The zero-order valence-corrected chi connectivity index (χ0v) is 18.3. The zero-order chi connectivity index (χ0) is 21.2. The normalized spacial score (nSPS) is 21.5. The van der Waals surface area contributed by atoms with Crippen molar-refractivity contribution < 1.29 is 0 Å². The number of nitrogens with zero attached hydrogens (tertiary/aromatic N) is 5. The van der Waals surface area contributed by atoms with Gasteiger partial charge in [-0.25, -0.2) is 15.0 Å². The van der Waals surface area contributed by atoms with Gasteiger partial charge < -0.3 is 15.2 Å². The highest BCUT2D eigenvalue weighted by Gasteiger charge is 2.36. The molecule has 1 aliphatic heterocycles. The molecule has 4 aromatic heterocycles. The number of nitrogens with one attached hydrogen (secondary N) is 2. The van der Waals surface area contributed by atoms with Gasteiger partial charge >= 0.3 is 0 Å². The maximum absolute atomic E-state index is 5.26. The van der Waals surface area contributed by atoms with Crippen LogP contribution >= 0.6 is 0 Å². The van der Waals surface area contributed by atoms with E-state index in [1.165, 1.54) is 36.6 Å². The molecule has 7 nitrogen and oxygen atoms in total. The van der Waals surface area contributed by atoms with Crippen LogP contribution in [-0.2, 0) is 0 Å². The van der Waals surface area contributed by atoms with E-state index in [9.17, 15) is 0 Å². The third kappa shape index (κ3) is 3.06. The van der Waals surface area contributed by atoms with Gasteiger partial charge in [0, 0.05) is 60.1 Å². The molecular formula is C25H27N7. The molecule has 2 N–H and O–H groups in total. The Labute approximate surface area is 186 Å². The summed E-state index contributed by atoms with van der Waals surface area (Å²) >= 11 is 0. The summed E-state index contributed by atoms with van der Waals surface area (Å²) in [6.07, 6.45) is 11.0. The summed E-state index contributed by atoms with van der Waals surface area (Å²) in [6, 6.07) is 4.73. The molecule has 4 aromatic rings. The van der Waals surface area contributed by atoms with E-state index in [-0.39, 0.29) is 0 Å². The molecule has 0 amide bonds. The van der Waals surface area contributed by atoms with Gasteiger partial charge in [0.25, 0.3) is 0 Å². The Morgan fingerprint density at radius 3 is 2.84 bits per heavy atom. The lowest BCUT2D eigenvalue weighted by molar-refractivity contribution is 0.418. The molecule has 5 heterocycles. The highest BCUT2D eigenvalue weighted by Crippen LogP contribution is 2.45. The minimum Gasteiger partial charge on any atom is -0.353 e. The van der Waals surface area contributed by atoms with Gasteiger partial charge in [0.15, 0.2) is 5.82 Å². The fourth-order valence-corrected chi connectivity index (χ4v) is 5.28. The molecule has 3 aliphatic rings. The summed E-state index contributed by atoms with van der Waals surface area (Å²) in [5, 5.41) is 6.02. The zero-order valence-electron chi connectivity index (χ0n) is 18.3. The molecule has 3 fully saturated rings. The number of fused-ring (bicyclic) bond motifs is 2. The molecule has 1 unspecified atom stereocenters. The summed E-state index contributed by atoms with van der Waals surface area (Å²) in [4.78, 5) is 25.2. The summed E-state index contributed by atoms with van der Waals surface area (Å²) in [6.45, 7) is 5.04. The molecule has 0 radical (unpaired) electrons. The predicted molar refractivity (Wildman–Crippen MR) is 126 cm³/mol. The average molecular weight is 426 g/mol. The van der Waals surface area contributed by atoms with E-state index < -0.39 is 0 Å². The van der Waals surface area contributed by atoms with E-state index >= 15 is 0 Å². The van der Waals surface area contributed by atoms with Crippen LogP contribution in [0, 0.1) is 12.8 Å². The second-order valence-corrected chi connectivity index (χ2v) is 9.69. The number of hydrogen-bond acceptors (Lipinski definition) is 6. The number of rotatable bonds is 4. The van der Waals surface area contributed by atoms with Gasteiger partial charge in [-0.1, -0.05) is 0 Å². The topological polar surface area (TPSA) is 82.6 Å². The Kier molecular flexibility index (Phi) is 4.03. The van der Waals surface area contributed by atoms with Gasteiger partial charge in [0.05, 0.1) is 11.7 Å². The molecular weight excluding hydrogens is 398 g/mol. The molecule has 1 saturated heterocycles. The maximum Gasteiger partial charge on any atom is 0.163 e. The first kappa shape index (κ1) is 18.5. The van der Waals surface area contributed by atoms with Crippen LogP contribution in [0.2, 0.25) is 0 Å². The number of anilines is 1. The van der Waals surface area contributed by atoms with Gasteiger partial charge in [-0.2, -0.15) is 0 Å². The lowest BCUT2D eigenvalue weighted by Crippen LogP contribution is -2.52. The van der Waals surface area contributed by atoms with Crippen LogP contribution in [-0.4, -0.2) is 50.6 Å². The number of piperazine rings is 1. The van der Waals surface area contributed by atoms with E-state index in [2.05, 4.69) is 38.2 Å². The summed E-state index contributed by atoms with van der Waals surface area (Å²) in [5.74, 6) is 3.26. The third-order valence-electron chi connectivity index (χ3n) is 7.24. The van der Waals surface area contributed by atoms with Crippen LogP contribution in [0.3, 0.4) is 0 Å². The standard InChI is InChI=1S/C25H27N7/c1-14-10-18-17(6-7-28-23(18)29-14)24-30-20-12-26-11-19(15-2-3-15)22(20)25(31-24)32-9-8-27-21(13-32)16-4-5-16/h6-7,10-12,15-16,21,27H,2-5,8-9,13H2,1H3,(H,28,29). The quantitative estimate of drug-likeness (QED) is 0.515. The number of hydrogen-bond donors (Lipinski definition) is 2. The Morgan fingerprint density at radius 2 is 2.00 bits per heavy atom. The van der Waals surface area contributed by atoms with E-state index in [1.807, 2.05) is 24.7 Å². The molecule has 0 aromatic carbocycles. The second-order valence-electron chi connectivity index (χ2n) is 9.69. The Bertz CT molecular complexity index is 1340. The molecule has 32 heavy (non-hydrogen) atoms. The van der Waals surface area contributed by atoms with E-state index in [1.54, 1.807) is 0 Å². The van der Waals surface area contributed by atoms with Crippen molar-refractivity contribution in [2.75, 3.05) is 24.5 Å². The molecule has 2 aliphatic carbocycles. The van der Waals surface area contributed by atoms with Gasteiger partial charge in [-0.05, 0) is 62.1 Å². The van der Waals surface area contributed by atoms with Crippen LogP contribution in [0.25, 0.3) is 33.3 Å². The predicted octanol–water partition coefficient (Wildman–Crippen LogP) is 3.94. The number of aryl methyl sites for hydroxylation is 1. The van der Waals surface area contributed by atoms with Crippen LogP contribution in [0.5, 0.6) is 0 Å². The van der Waals surface area contributed by atoms with Crippen LogP contribution in [0.1, 0.15) is 42.9 Å². The summed E-state index contributed by atoms with van der Waals surface area (Å²) in [7, 11) is 0. The highest BCUT2D eigenvalue weighted by atomic mass is 15.3. The molecule has 7 heteroatoms. The summed E-state index contributed by atoms with van der Waals surface area (Å²) in [5.41, 5.74) is 5.27. The first-order valence-electron chi connectivity index (χ1n) is 11.8. The molecule has 0 bridgehead atoms. The van der Waals surface area contributed by atoms with Gasteiger partial charge in [0.1, 0.15) is 11.5 Å². The Balaban J connectivity index is 1.43. The van der Waals surface area contributed by atoms with Crippen molar-refractivity contribution in [3.63, 3.8) is 0 Å². The van der Waals surface area contributed by atoms with Crippen molar-refractivity contribution in [2.45, 2.75) is 44.6 Å². The minimum absolute atomic E-state index is 0.559. The average Bonchev–Trinajstić information content (AvgIpc) is 3.74. The molecule has 7 rings (SSSR count). The van der Waals surface area contributed by atoms with Gasteiger partial charge in [-0.3, -0.25) is 4.98 Å². The molecule has 162 valence electrons. The molecule has 1 atom stereocenters. The Morgan fingerprint density at radius 1 is 1.09 bits per heavy atom. The van der Waals surface area contributed by atoms with Crippen molar-refractivity contribution in [1.29, 1.82) is 0 Å². The number of aromatic amines is 1. The first-order valence-corrected chi connectivity index (χ1v) is 11.8. The first-order chi connectivity index (χ1) is 15.7. The Hall–Kier alpha value is -3.06. The van der Waals surface area contributed by atoms with Crippen LogP contribution in [0.15, 0.2) is 30.7 Å². The third-order valence-corrected chi connectivity index (χ3v) is 7.24. The monoisotopic (exact) mass is 425 g/mol. The number of H-pyrrole nitrogens is 1. The molecule has 2 saturated carbocycles.